The lowest BCUT2D eigenvalue weighted by atomic mass is 10.4. The number of hydrogen-bond donors (Lipinski definition) is 0. The molecule has 58 valence electrons. The molecular formula is C7H8N2O2. The first-order valence-corrected chi connectivity index (χ1v) is 3.49. The van der Waals surface area contributed by atoms with Gasteiger partial charge < -0.3 is 4.42 Å². The average Bonchev–Trinajstić information content (AvgIpc) is 2.41. The second kappa shape index (κ2) is 1.84. The molecule has 0 fully saturated rings. The van der Waals surface area contributed by atoms with Crippen molar-refractivity contribution in [3.63, 3.8) is 0 Å². The van der Waals surface area contributed by atoms with Crippen LogP contribution in [0.2, 0.25) is 0 Å². The van der Waals surface area contributed by atoms with Crippen LogP contribution in [-0.2, 0) is 0 Å². The summed E-state index contributed by atoms with van der Waals surface area (Å²) in [5.41, 5.74) is 0.631. The molecule has 0 amide bonds. The summed E-state index contributed by atoms with van der Waals surface area (Å²) in [5, 5.41) is 0. The van der Waals surface area contributed by atoms with Gasteiger partial charge in [0.05, 0.1) is 6.20 Å². The number of nitrogens with zero attached hydrogens (tertiary/aromatic N) is 2. The molecule has 0 radical (unpaired) electrons. The topological polar surface area (TPSA) is 48.0 Å². The smallest absolute Gasteiger partial charge is 0.381 e. The second-order valence-corrected chi connectivity index (χ2v) is 2.77. The van der Waals surface area contributed by atoms with Crippen LogP contribution in [0.5, 0.6) is 0 Å². The van der Waals surface area contributed by atoms with Gasteiger partial charge in [0.15, 0.2) is 0 Å². The summed E-state index contributed by atoms with van der Waals surface area (Å²) in [6.07, 6.45) is 1.57. The summed E-state index contributed by atoms with van der Waals surface area (Å²) in [7, 11) is 0. The molecule has 11 heavy (non-hydrogen) atoms. The van der Waals surface area contributed by atoms with Crippen LogP contribution in [0.1, 0.15) is 19.9 Å². The molecule has 2 aromatic rings. The second-order valence-electron chi connectivity index (χ2n) is 2.77. The number of aromatic nitrogens is 2. The molecule has 0 aliphatic rings. The first-order chi connectivity index (χ1) is 5.20. The van der Waals surface area contributed by atoms with E-state index in [0.717, 1.165) is 0 Å². The van der Waals surface area contributed by atoms with Gasteiger partial charge in [-0.1, -0.05) is 0 Å². The lowest BCUT2D eigenvalue weighted by Gasteiger charge is -2.02. The van der Waals surface area contributed by atoms with Crippen molar-refractivity contribution in [1.29, 1.82) is 0 Å². The first-order valence-electron chi connectivity index (χ1n) is 3.49. The van der Waals surface area contributed by atoms with E-state index >= 15 is 0 Å². The highest BCUT2D eigenvalue weighted by Crippen LogP contribution is 2.14. The molecule has 4 heteroatoms. The highest BCUT2D eigenvalue weighted by molar-refractivity contribution is 5.50. The zero-order valence-electron chi connectivity index (χ0n) is 6.37. The Bertz CT molecular complexity index is 412. The largest absolute Gasteiger partial charge is 0.402 e. The Morgan fingerprint density at radius 2 is 2.36 bits per heavy atom. The van der Waals surface area contributed by atoms with E-state index in [1.807, 2.05) is 13.8 Å². The van der Waals surface area contributed by atoms with Crippen molar-refractivity contribution < 1.29 is 4.42 Å². The monoisotopic (exact) mass is 152 g/mol. The highest BCUT2D eigenvalue weighted by atomic mass is 16.4. The minimum absolute atomic E-state index is 0.231. The van der Waals surface area contributed by atoms with Crippen LogP contribution in [0.15, 0.2) is 15.4 Å². The predicted octanol–water partition coefficient (Wildman–Crippen LogP) is 1.01. The maximum absolute atomic E-state index is 10.9. The summed E-state index contributed by atoms with van der Waals surface area (Å²) < 4.78 is 6.63. The van der Waals surface area contributed by atoms with Crippen molar-refractivity contribution in [2.45, 2.75) is 19.9 Å². The van der Waals surface area contributed by atoms with E-state index in [2.05, 4.69) is 4.98 Å². The molecule has 2 bridgehead atoms. The molecule has 0 spiro atoms. The lowest BCUT2D eigenvalue weighted by Crippen LogP contribution is -2.02. The van der Waals surface area contributed by atoms with Gasteiger partial charge in [0.1, 0.15) is 0 Å². The first kappa shape index (κ1) is 6.39. The Morgan fingerprint density at radius 1 is 1.64 bits per heavy atom. The van der Waals surface area contributed by atoms with Crippen molar-refractivity contribution in [3.8, 4) is 0 Å². The molecule has 0 saturated carbocycles. The molecule has 0 atom stereocenters. The van der Waals surface area contributed by atoms with Crippen LogP contribution in [0.25, 0.3) is 11.4 Å². The number of fused-ring (bicyclic) bond motifs is 2. The molecule has 0 unspecified atom stereocenters. The Balaban J connectivity index is 2.84. The van der Waals surface area contributed by atoms with Crippen molar-refractivity contribution in [3.05, 3.63) is 16.6 Å². The van der Waals surface area contributed by atoms with Gasteiger partial charge >= 0.3 is 5.63 Å². The fraction of sp³-hybridized carbons (Fsp3) is 0.429. The van der Waals surface area contributed by atoms with Crippen LogP contribution < -0.4 is 5.63 Å². The zero-order valence-corrected chi connectivity index (χ0v) is 6.37. The predicted molar refractivity (Wildman–Crippen MR) is 39.8 cm³/mol. The standard InChI is InChI=1S/C7H8N2O2/c1-4(2)9-5-3-8-6(9)7(10)11-5/h3-4H,1-2H3. The van der Waals surface area contributed by atoms with Gasteiger partial charge in [-0.3, -0.25) is 4.57 Å². The summed E-state index contributed by atoms with van der Waals surface area (Å²) in [4.78, 5) is 14.8. The Labute approximate surface area is 62.8 Å². The van der Waals surface area contributed by atoms with Crippen LogP contribution in [0.4, 0.5) is 0 Å². The molecular weight excluding hydrogens is 144 g/mol. The van der Waals surface area contributed by atoms with Gasteiger partial charge in [0.25, 0.3) is 0 Å². The summed E-state index contributed by atoms with van der Waals surface area (Å²) in [6.45, 7) is 3.97. The van der Waals surface area contributed by atoms with E-state index in [1.165, 1.54) is 0 Å². The number of hydrogen-bond acceptors (Lipinski definition) is 3. The summed E-state index contributed by atoms with van der Waals surface area (Å²) in [6, 6.07) is 0.231. The fourth-order valence-corrected chi connectivity index (χ4v) is 1.21. The van der Waals surface area contributed by atoms with Gasteiger partial charge in [-0.15, -0.1) is 0 Å². The molecule has 2 heterocycles. The normalized spacial score (nSPS) is 11.9. The average molecular weight is 152 g/mol. The quantitative estimate of drug-likeness (QED) is 0.612. The molecule has 0 aromatic carbocycles. The zero-order chi connectivity index (χ0) is 8.01. The van der Waals surface area contributed by atoms with Crippen molar-refractivity contribution in [1.82, 2.24) is 9.55 Å². The molecule has 2 aromatic heterocycles. The molecule has 0 aliphatic heterocycles. The molecule has 2 rings (SSSR count). The number of rotatable bonds is 1. The Hall–Kier alpha value is -1.32. The maximum atomic E-state index is 10.9. The van der Waals surface area contributed by atoms with Crippen LogP contribution in [0.3, 0.4) is 0 Å². The van der Waals surface area contributed by atoms with Gasteiger partial charge in [-0.05, 0) is 13.8 Å². The number of imidazole rings is 1. The molecule has 0 aliphatic carbocycles. The third-order valence-electron chi connectivity index (χ3n) is 1.66. The van der Waals surface area contributed by atoms with E-state index in [9.17, 15) is 4.79 Å². The van der Waals surface area contributed by atoms with Crippen LogP contribution >= 0.6 is 0 Å². The third kappa shape index (κ3) is 0.691. The lowest BCUT2D eigenvalue weighted by molar-refractivity contribution is 0.542. The van der Waals surface area contributed by atoms with E-state index in [4.69, 9.17) is 4.42 Å². The SMILES string of the molecule is CC(C)n1c2cnc1c(=O)o2. The van der Waals surface area contributed by atoms with Crippen LogP contribution in [0, 0.1) is 0 Å². The Kier molecular flexibility index (Phi) is 1.07. The molecule has 0 N–H and O–H groups in total. The van der Waals surface area contributed by atoms with Crippen molar-refractivity contribution in [2.24, 2.45) is 0 Å². The van der Waals surface area contributed by atoms with Crippen molar-refractivity contribution >= 4 is 11.4 Å². The van der Waals surface area contributed by atoms with E-state index in [1.54, 1.807) is 10.8 Å². The molecule has 4 nitrogen and oxygen atoms in total. The Morgan fingerprint density at radius 3 is 2.64 bits per heavy atom. The van der Waals surface area contributed by atoms with Gasteiger partial charge in [-0.25, -0.2) is 9.78 Å². The third-order valence-corrected chi connectivity index (χ3v) is 1.66. The minimum atomic E-state index is -0.337. The summed E-state index contributed by atoms with van der Waals surface area (Å²) in [5.74, 6) is 0. The van der Waals surface area contributed by atoms with E-state index in [-0.39, 0.29) is 11.7 Å². The van der Waals surface area contributed by atoms with Crippen molar-refractivity contribution in [2.75, 3.05) is 0 Å². The van der Waals surface area contributed by atoms with Crippen LogP contribution in [-0.4, -0.2) is 9.55 Å². The minimum Gasteiger partial charge on any atom is -0.402 e. The fourth-order valence-electron chi connectivity index (χ4n) is 1.21. The maximum Gasteiger partial charge on any atom is 0.381 e. The van der Waals surface area contributed by atoms with E-state index < -0.39 is 0 Å². The van der Waals surface area contributed by atoms with Gasteiger partial charge in [-0.2, -0.15) is 0 Å². The molecule has 0 saturated heterocycles. The highest BCUT2D eigenvalue weighted by Gasteiger charge is 2.14. The van der Waals surface area contributed by atoms with E-state index in [0.29, 0.717) is 11.4 Å². The van der Waals surface area contributed by atoms with Gasteiger partial charge in [0, 0.05) is 6.04 Å². The number of oxazole rings is 1. The summed E-state index contributed by atoms with van der Waals surface area (Å²) >= 11 is 0. The van der Waals surface area contributed by atoms with Gasteiger partial charge in [0.2, 0.25) is 11.4 Å².